The Labute approximate surface area is 666 Å². The average Bonchev–Trinajstić information content (AvgIpc) is 0.938. The fourth-order valence-corrected chi connectivity index (χ4v) is 18.4. The van der Waals surface area contributed by atoms with Gasteiger partial charge in [0, 0.05) is 45.8 Å². The van der Waals surface area contributed by atoms with Crippen molar-refractivity contribution in [1.82, 2.24) is 0 Å². The van der Waals surface area contributed by atoms with Crippen molar-refractivity contribution in [3.63, 3.8) is 0 Å². The standard InChI is InChI=1S/2C50H56N2O2.ClH.In/c2*1-47(2,3)35-25-33(45(53)39(27-35)49(7,8)9)29-51-41-23-21-31-17-13-15-19-37(31)43(41)44-38-20-16-14-18-32(38)22-24-42(44)52-30-34-26-36(48(4,5)6)28-40(46(34)54)50(10,11)12;;/h2*13-30,53-54H,1-12H3;1H;/q;;;+3/p-3. The topological polar surface area (TPSA) is 108 Å². The molecule has 0 atom stereocenters. The molecule has 0 saturated heterocycles. The van der Waals surface area contributed by atoms with Gasteiger partial charge in [-0.2, -0.15) is 0 Å². The zero-order valence-corrected chi connectivity index (χ0v) is 73.3. The Kier molecular flexibility index (Phi) is 21.9. The van der Waals surface area contributed by atoms with Crippen LogP contribution in [0.15, 0.2) is 214 Å². The maximum atomic E-state index is 11.6. The summed E-state index contributed by atoms with van der Waals surface area (Å²) in [4.78, 5) is 21.1. The number of hydrogen-bond acceptors (Lipinski definition) is 8. The second-order valence-electron chi connectivity index (χ2n) is 38.1. The Morgan fingerprint density at radius 1 is 0.318 bits per heavy atom. The predicted octanol–water partition coefficient (Wildman–Crippen LogP) is 28.1. The molecule has 0 aromatic heterocycles. The zero-order valence-electron chi connectivity index (χ0n) is 69.2. The van der Waals surface area contributed by atoms with Gasteiger partial charge in [0.15, 0.2) is 0 Å². The fourth-order valence-electron chi connectivity index (χ4n) is 14.5. The molecular weight excluding hydrogens is 1470 g/mol. The number of fused-ring (bicyclic) bond motifs is 11. The molecule has 1 aliphatic heterocycles. The molecule has 564 valence electrons. The number of benzene rings is 12. The molecule has 110 heavy (non-hydrogen) atoms. The van der Waals surface area contributed by atoms with Gasteiger partial charge in [0.25, 0.3) is 0 Å². The molecule has 0 unspecified atom stereocenters. The molecule has 0 radical (unpaired) electrons. The number of aromatic hydroxyl groups is 2. The van der Waals surface area contributed by atoms with Crippen molar-refractivity contribution in [2.45, 2.75) is 209 Å². The van der Waals surface area contributed by atoms with Crippen LogP contribution in [0.4, 0.5) is 22.7 Å². The Morgan fingerprint density at radius 3 is 0.891 bits per heavy atom. The van der Waals surface area contributed by atoms with Crippen LogP contribution in [0.5, 0.6) is 23.0 Å². The van der Waals surface area contributed by atoms with E-state index in [0.717, 1.165) is 144 Å². The van der Waals surface area contributed by atoms with E-state index >= 15 is 0 Å². The van der Waals surface area contributed by atoms with Crippen LogP contribution in [0.3, 0.4) is 0 Å². The summed E-state index contributed by atoms with van der Waals surface area (Å²) < 4.78 is 14.0. The van der Waals surface area contributed by atoms with Crippen molar-refractivity contribution in [2.75, 3.05) is 0 Å². The van der Waals surface area contributed by atoms with E-state index in [0.29, 0.717) is 11.1 Å². The Bertz CT molecular complexity index is 5330. The average molecular weight is 1580 g/mol. The number of phenols is 2. The second-order valence-corrected chi connectivity index (χ2v) is 43.4. The molecule has 0 saturated carbocycles. The van der Waals surface area contributed by atoms with Crippen molar-refractivity contribution < 1.29 is 15.9 Å². The zero-order chi connectivity index (χ0) is 79.8. The van der Waals surface area contributed by atoms with Crippen LogP contribution in [0, 0.1) is 0 Å². The molecule has 0 fully saturated rings. The molecule has 1 aliphatic rings. The van der Waals surface area contributed by atoms with Crippen molar-refractivity contribution in [1.29, 1.82) is 0 Å². The van der Waals surface area contributed by atoms with Crippen LogP contribution < -0.4 is 5.71 Å². The Morgan fingerprint density at radius 2 is 0.591 bits per heavy atom. The first-order valence-corrected chi connectivity index (χ1v) is 45.6. The van der Waals surface area contributed by atoms with E-state index in [2.05, 4.69) is 360 Å². The van der Waals surface area contributed by atoms with E-state index in [1.165, 1.54) is 11.1 Å². The van der Waals surface area contributed by atoms with Crippen LogP contribution in [0.25, 0.3) is 65.3 Å². The first-order chi connectivity index (χ1) is 51.3. The maximum absolute atomic E-state index is 11.6. The van der Waals surface area contributed by atoms with Crippen molar-refractivity contribution in [2.24, 2.45) is 20.0 Å². The van der Waals surface area contributed by atoms with Crippen LogP contribution in [0.1, 0.15) is 233 Å². The predicted molar refractivity (Wildman–Crippen MR) is 474 cm³/mol. The van der Waals surface area contributed by atoms with Gasteiger partial charge in [0.05, 0.1) is 11.4 Å². The van der Waals surface area contributed by atoms with E-state index in [9.17, 15) is 10.2 Å². The summed E-state index contributed by atoms with van der Waals surface area (Å²) in [7, 11) is 7.45. The summed E-state index contributed by atoms with van der Waals surface area (Å²) in [5.41, 5.74) is 17.5. The van der Waals surface area contributed by atoms with Gasteiger partial charge in [0.1, 0.15) is 11.5 Å². The summed E-state index contributed by atoms with van der Waals surface area (Å²) in [6, 6.07) is 68.2. The van der Waals surface area contributed by atoms with E-state index in [4.69, 9.17) is 34.3 Å². The first kappa shape index (κ1) is 80.2. The van der Waals surface area contributed by atoms with E-state index in [1.54, 1.807) is 0 Å². The van der Waals surface area contributed by atoms with Crippen LogP contribution >= 0.6 is 8.58 Å². The third-order valence-electron chi connectivity index (χ3n) is 21.1. The monoisotopic (exact) mass is 1580 g/mol. The summed E-state index contributed by atoms with van der Waals surface area (Å²) in [6.45, 7) is 52.8. The summed E-state index contributed by atoms with van der Waals surface area (Å²) in [6.07, 6.45) is 7.57. The molecule has 0 amide bonds. The van der Waals surface area contributed by atoms with Gasteiger partial charge < -0.3 is 10.2 Å². The van der Waals surface area contributed by atoms with Gasteiger partial charge in [-0.3, -0.25) is 9.98 Å². The molecule has 2 N–H and O–H groups in total. The number of hydrogen-bond donors (Lipinski definition) is 2. The summed E-state index contributed by atoms with van der Waals surface area (Å²) in [5, 5.41) is 32.1. The number of aliphatic imine (C=N–C) groups is 4. The van der Waals surface area contributed by atoms with Crippen molar-refractivity contribution >= 4 is 120 Å². The van der Waals surface area contributed by atoms with Gasteiger partial charge in [0.2, 0.25) is 0 Å². The number of rotatable bonds is 5. The van der Waals surface area contributed by atoms with Gasteiger partial charge in [-0.15, -0.1) is 0 Å². The molecule has 0 aliphatic carbocycles. The fraction of sp³-hybridized carbons (Fsp3) is 0.320. The van der Waals surface area contributed by atoms with Crippen LogP contribution in [0.2, 0.25) is 0 Å². The molecule has 12 aromatic rings. The molecule has 8 nitrogen and oxygen atoms in total. The minimum atomic E-state index is -3.84. The van der Waals surface area contributed by atoms with E-state index in [-0.39, 0.29) is 54.8 Å². The van der Waals surface area contributed by atoms with Gasteiger partial charge in [-0.1, -0.05) is 156 Å². The van der Waals surface area contributed by atoms with E-state index in [1.807, 2.05) is 24.9 Å². The van der Waals surface area contributed by atoms with Gasteiger partial charge in [-0.25, -0.2) is 0 Å². The molecule has 12 aromatic carbocycles. The molecule has 13 rings (SSSR count). The number of halogens is 1. The Balaban J connectivity index is 0.000000205. The van der Waals surface area contributed by atoms with Gasteiger partial charge in [-0.05, 0) is 78.6 Å². The second kappa shape index (κ2) is 30.1. The summed E-state index contributed by atoms with van der Waals surface area (Å²) >= 11 is -3.84. The number of phenolic OH excluding ortho intramolecular Hbond substituents is 2. The number of nitrogens with zero attached hydrogens (tertiary/aromatic N) is 4. The van der Waals surface area contributed by atoms with Crippen LogP contribution in [-0.4, -0.2) is 56.2 Å². The third-order valence-corrected chi connectivity index (χ3v) is 24.7. The normalized spacial score (nSPS) is 13.6. The van der Waals surface area contributed by atoms with E-state index < -0.39 is 21.1 Å². The van der Waals surface area contributed by atoms with Crippen molar-refractivity contribution in [3.8, 4) is 45.3 Å². The summed E-state index contributed by atoms with van der Waals surface area (Å²) in [5.74, 6) is 1.99. The van der Waals surface area contributed by atoms with Crippen LogP contribution in [-0.2, 0) is 43.3 Å². The van der Waals surface area contributed by atoms with Crippen molar-refractivity contribution in [3.05, 3.63) is 261 Å². The molecule has 0 bridgehead atoms. The molecule has 1 heterocycles. The molecular formula is C100H110ClInN4O4. The third kappa shape index (κ3) is 17.1. The SMILES string of the molecule is CC(C)(C)c1cc(C=Nc2ccc3ccccc3c2-c2c(N=Cc3cc(C(C)(C)C)cc(C(C)(C)C)c3O)ccc3ccccc23)c(O)c(C(C)(C)C)c1.CC(C)(C)c1cc2c(c(C(C)(C)C)c1)[O][In]([Cl])[O]c1c(cc(C(C)(C)C)cc1C(C)(C)C)C=Nc1ccc3ccccc3c1-c1c(ccc3ccccc13)N=C2. The Hall–Kier alpha value is -9.28. The molecule has 10 heteroatoms. The molecule has 0 spiro atoms. The quantitative estimate of drug-likeness (QED) is 0.167. The minimum absolute atomic E-state index is 0.116. The van der Waals surface area contributed by atoms with Gasteiger partial charge >= 0.3 is 349 Å². The first-order valence-electron chi connectivity index (χ1n) is 38.7.